The highest BCUT2D eigenvalue weighted by atomic mass is 16.5. The second-order valence-corrected chi connectivity index (χ2v) is 4.37. The molecule has 2 amide bonds. The van der Waals surface area contributed by atoms with Gasteiger partial charge in [0.15, 0.2) is 0 Å². The second kappa shape index (κ2) is 7.56. The number of methoxy groups -OCH3 is 1. The van der Waals surface area contributed by atoms with E-state index < -0.39 is 12.0 Å². The molecule has 0 spiro atoms. The van der Waals surface area contributed by atoms with Crippen LogP contribution in [-0.4, -0.2) is 48.9 Å². The molecule has 1 aliphatic heterocycles. The first-order chi connectivity index (χ1) is 9.10. The number of hydrogen-bond acceptors (Lipinski definition) is 4. The molecule has 0 bridgehead atoms. The summed E-state index contributed by atoms with van der Waals surface area (Å²) < 4.78 is 4.66. The third-order valence-electron chi connectivity index (χ3n) is 3.06. The van der Waals surface area contributed by atoms with Crippen LogP contribution in [0.25, 0.3) is 0 Å². The summed E-state index contributed by atoms with van der Waals surface area (Å²) in [6, 6.07) is -0.512. The number of carbonyl (C=O) groups is 3. The topological polar surface area (TPSA) is 75.7 Å². The number of amides is 2. The fraction of sp³-hybridized carbons (Fsp3) is 0.615. The predicted molar refractivity (Wildman–Crippen MR) is 69.2 cm³/mol. The summed E-state index contributed by atoms with van der Waals surface area (Å²) in [6.45, 7) is 3.97. The van der Waals surface area contributed by atoms with Gasteiger partial charge in [0.2, 0.25) is 11.8 Å². The van der Waals surface area contributed by atoms with Crippen molar-refractivity contribution >= 4 is 17.8 Å². The zero-order chi connectivity index (χ0) is 14.3. The van der Waals surface area contributed by atoms with E-state index >= 15 is 0 Å². The fourth-order valence-corrected chi connectivity index (χ4v) is 2.04. The molecule has 6 nitrogen and oxygen atoms in total. The maximum atomic E-state index is 11.9. The summed E-state index contributed by atoms with van der Waals surface area (Å²) >= 11 is 0. The van der Waals surface area contributed by atoms with E-state index in [0.717, 1.165) is 6.42 Å². The minimum absolute atomic E-state index is 0.0799. The van der Waals surface area contributed by atoms with Crippen LogP contribution in [0.1, 0.15) is 25.7 Å². The van der Waals surface area contributed by atoms with E-state index in [-0.39, 0.29) is 18.4 Å². The molecule has 1 aliphatic rings. The monoisotopic (exact) mass is 268 g/mol. The summed E-state index contributed by atoms with van der Waals surface area (Å²) in [6.07, 6.45) is 3.93. The van der Waals surface area contributed by atoms with Gasteiger partial charge in [0, 0.05) is 13.0 Å². The number of esters is 1. The van der Waals surface area contributed by atoms with Crippen molar-refractivity contribution in [3.8, 4) is 0 Å². The average molecular weight is 268 g/mol. The maximum absolute atomic E-state index is 11.9. The van der Waals surface area contributed by atoms with Gasteiger partial charge in [-0.3, -0.25) is 9.59 Å². The Morgan fingerprint density at radius 2 is 2.21 bits per heavy atom. The number of allylic oxidation sites excluding steroid dienone is 1. The smallest absolute Gasteiger partial charge is 0.328 e. The Morgan fingerprint density at radius 3 is 2.84 bits per heavy atom. The molecule has 1 unspecified atom stereocenters. The van der Waals surface area contributed by atoms with Gasteiger partial charge < -0.3 is 15.0 Å². The van der Waals surface area contributed by atoms with E-state index in [9.17, 15) is 14.4 Å². The summed E-state index contributed by atoms with van der Waals surface area (Å²) in [5, 5.41) is 2.54. The molecular formula is C13H20N2O4. The van der Waals surface area contributed by atoms with Gasteiger partial charge >= 0.3 is 5.97 Å². The average Bonchev–Trinajstić information content (AvgIpc) is 2.90. The van der Waals surface area contributed by atoms with Crippen LogP contribution < -0.4 is 5.32 Å². The summed E-state index contributed by atoms with van der Waals surface area (Å²) in [5.41, 5.74) is 0. The van der Waals surface area contributed by atoms with E-state index in [2.05, 4.69) is 16.6 Å². The van der Waals surface area contributed by atoms with Crippen molar-refractivity contribution in [1.29, 1.82) is 0 Å². The Kier molecular flexibility index (Phi) is 6.05. The first-order valence-electron chi connectivity index (χ1n) is 6.35. The number of nitrogens with one attached hydrogen (secondary N) is 1. The van der Waals surface area contributed by atoms with Gasteiger partial charge in [-0.25, -0.2) is 4.79 Å². The van der Waals surface area contributed by atoms with E-state index in [4.69, 9.17) is 0 Å². The lowest BCUT2D eigenvalue weighted by molar-refractivity contribution is -0.150. The highest BCUT2D eigenvalue weighted by Gasteiger charge is 2.34. The van der Waals surface area contributed by atoms with Gasteiger partial charge in [0.25, 0.3) is 0 Å². The fourth-order valence-electron chi connectivity index (χ4n) is 2.04. The second-order valence-electron chi connectivity index (χ2n) is 4.37. The van der Waals surface area contributed by atoms with Crippen molar-refractivity contribution in [1.82, 2.24) is 10.2 Å². The Balaban J connectivity index is 2.42. The largest absolute Gasteiger partial charge is 0.467 e. The summed E-state index contributed by atoms with van der Waals surface area (Å²) in [4.78, 5) is 36.3. The zero-order valence-corrected chi connectivity index (χ0v) is 11.2. The number of likely N-dealkylation sites (tertiary alicyclic amines) is 1. The number of nitrogens with zero attached hydrogens (tertiary/aromatic N) is 1. The van der Waals surface area contributed by atoms with Crippen LogP contribution in [-0.2, 0) is 19.1 Å². The molecule has 6 heteroatoms. The van der Waals surface area contributed by atoms with Crippen LogP contribution in [0.5, 0.6) is 0 Å². The number of ether oxygens (including phenoxy) is 1. The SMILES string of the molecule is C=CCCC(=O)NCC(=O)N1CCCC1C(=O)OC. The van der Waals surface area contributed by atoms with Crippen molar-refractivity contribution in [3.05, 3.63) is 12.7 Å². The molecule has 0 aromatic heterocycles. The van der Waals surface area contributed by atoms with Crippen molar-refractivity contribution in [2.75, 3.05) is 20.2 Å². The third kappa shape index (κ3) is 4.39. The van der Waals surface area contributed by atoms with Crippen LogP contribution in [0.15, 0.2) is 12.7 Å². The minimum Gasteiger partial charge on any atom is -0.467 e. The van der Waals surface area contributed by atoms with Gasteiger partial charge in [0.1, 0.15) is 6.04 Å². The van der Waals surface area contributed by atoms with Crippen molar-refractivity contribution < 1.29 is 19.1 Å². The molecule has 1 rings (SSSR count). The van der Waals surface area contributed by atoms with Gasteiger partial charge in [0.05, 0.1) is 13.7 Å². The first-order valence-corrected chi connectivity index (χ1v) is 6.35. The normalized spacial score (nSPS) is 17.9. The van der Waals surface area contributed by atoms with Crippen LogP contribution in [0.2, 0.25) is 0 Å². The van der Waals surface area contributed by atoms with E-state index in [1.807, 2.05) is 0 Å². The minimum atomic E-state index is -0.512. The van der Waals surface area contributed by atoms with Crippen molar-refractivity contribution in [2.45, 2.75) is 31.7 Å². The van der Waals surface area contributed by atoms with Crippen LogP contribution in [0.3, 0.4) is 0 Å². The molecule has 1 N–H and O–H groups in total. The van der Waals surface area contributed by atoms with Crippen molar-refractivity contribution in [3.63, 3.8) is 0 Å². The molecule has 19 heavy (non-hydrogen) atoms. The molecule has 1 saturated heterocycles. The lowest BCUT2D eigenvalue weighted by Crippen LogP contribution is -2.45. The molecule has 106 valence electrons. The molecule has 0 radical (unpaired) electrons. The maximum Gasteiger partial charge on any atom is 0.328 e. The van der Waals surface area contributed by atoms with Crippen LogP contribution in [0, 0.1) is 0 Å². The first kappa shape index (κ1) is 15.2. The quantitative estimate of drug-likeness (QED) is 0.553. The summed E-state index contributed by atoms with van der Waals surface area (Å²) in [7, 11) is 1.31. The molecule has 0 aliphatic carbocycles. The van der Waals surface area contributed by atoms with E-state index in [0.29, 0.717) is 25.8 Å². The molecule has 1 fully saturated rings. The van der Waals surface area contributed by atoms with E-state index in [1.54, 1.807) is 6.08 Å². The number of hydrogen-bond donors (Lipinski definition) is 1. The number of carbonyl (C=O) groups excluding carboxylic acids is 3. The van der Waals surface area contributed by atoms with Crippen LogP contribution >= 0.6 is 0 Å². The number of rotatable bonds is 6. The van der Waals surface area contributed by atoms with Crippen molar-refractivity contribution in [2.24, 2.45) is 0 Å². The van der Waals surface area contributed by atoms with Gasteiger partial charge in [-0.05, 0) is 19.3 Å². The standard InChI is InChI=1S/C13H20N2O4/c1-3-4-7-11(16)14-9-12(17)15-8-5-6-10(15)13(18)19-2/h3,10H,1,4-9H2,2H3,(H,14,16). The molecule has 1 atom stereocenters. The molecule has 0 aromatic rings. The Hall–Kier alpha value is -1.85. The van der Waals surface area contributed by atoms with Crippen LogP contribution in [0.4, 0.5) is 0 Å². The zero-order valence-electron chi connectivity index (χ0n) is 11.2. The van der Waals surface area contributed by atoms with Gasteiger partial charge in [-0.2, -0.15) is 0 Å². The lowest BCUT2D eigenvalue weighted by atomic mass is 10.2. The van der Waals surface area contributed by atoms with E-state index in [1.165, 1.54) is 12.0 Å². The Bertz CT molecular complexity index is 368. The van der Waals surface area contributed by atoms with Gasteiger partial charge in [-0.1, -0.05) is 6.08 Å². The summed E-state index contributed by atoms with van der Waals surface area (Å²) in [5.74, 6) is -0.842. The lowest BCUT2D eigenvalue weighted by Gasteiger charge is -2.22. The molecule has 0 aromatic carbocycles. The highest BCUT2D eigenvalue weighted by Crippen LogP contribution is 2.18. The predicted octanol–water partition coefficient (Wildman–Crippen LogP) is 0.233. The molecule has 0 saturated carbocycles. The third-order valence-corrected chi connectivity index (χ3v) is 3.06. The Labute approximate surface area is 112 Å². The highest BCUT2D eigenvalue weighted by molar-refractivity contribution is 5.88. The molecular weight excluding hydrogens is 248 g/mol. The molecule has 1 heterocycles. The Morgan fingerprint density at radius 1 is 1.47 bits per heavy atom. The van der Waals surface area contributed by atoms with Gasteiger partial charge in [-0.15, -0.1) is 6.58 Å².